The molecular weight excluding hydrogens is 412 g/mol. The van der Waals surface area contributed by atoms with Crippen LogP contribution in [-0.4, -0.2) is 26.0 Å². The van der Waals surface area contributed by atoms with E-state index in [1.54, 1.807) is 13.4 Å². The minimum Gasteiger partial charge on any atom is -0.494 e. The molecule has 0 bridgehead atoms. The van der Waals surface area contributed by atoms with Crippen LogP contribution in [0.1, 0.15) is 16.8 Å². The van der Waals surface area contributed by atoms with Gasteiger partial charge >= 0.3 is 0 Å². The van der Waals surface area contributed by atoms with Crippen LogP contribution in [0.3, 0.4) is 0 Å². The van der Waals surface area contributed by atoms with Gasteiger partial charge in [-0.25, -0.2) is 9.97 Å². The van der Waals surface area contributed by atoms with Crippen LogP contribution in [0.15, 0.2) is 73.4 Å². The number of pyridine rings is 1. The van der Waals surface area contributed by atoms with E-state index in [0.29, 0.717) is 5.56 Å². The first-order valence-electron chi connectivity index (χ1n) is 10.5. The molecule has 1 N–H and O–H groups in total. The van der Waals surface area contributed by atoms with Gasteiger partial charge in [0.25, 0.3) is 0 Å². The van der Waals surface area contributed by atoms with Crippen molar-refractivity contribution in [2.24, 2.45) is 0 Å². The van der Waals surface area contributed by atoms with Crippen molar-refractivity contribution in [1.29, 1.82) is 5.26 Å². The first kappa shape index (κ1) is 20.3. The largest absolute Gasteiger partial charge is 0.494 e. The number of ether oxygens (including phenoxy) is 1. The zero-order valence-electron chi connectivity index (χ0n) is 18.6. The normalized spacial score (nSPS) is 10.8. The summed E-state index contributed by atoms with van der Waals surface area (Å²) >= 11 is 0. The Kier molecular flexibility index (Phi) is 5.04. The van der Waals surface area contributed by atoms with E-state index >= 15 is 0 Å². The first-order chi connectivity index (χ1) is 16.1. The Labute approximate surface area is 191 Å². The highest BCUT2D eigenvalue weighted by Gasteiger charge is 2.12. The summed E-state index contributed by atoms with van der Waals surface area (Å²) in [6, 6.07) is 17.8. The average molecular weight is 435 g/mol. The third-order valence-corrected chi connectivity index (χ3v) is 5.57. The van der Waals surface area contributed by atoms with E-state index in [0.717, 1.165) is 51.0 Å². The highest BCUT2D eigenvalue weighted by Crippen LogP contribution is 2.31. The number of benzene rings is 2. The smallest absolute Gasteiger partial charge is 0.161 e. The van der Waals surface area contributed by atoms with Crippen LogP contribution in [0.25, 0.3) is 22.6 Å². The molecule has 33 heavy (non-hydrogen) atoms. The molecular formula is C26H22N6O. The summed E-state index contributed by atoms with van der Waals surface area (Å²) in [6.07, 6.45) is 7.68. The minimum atomic E-state index is 0.617. The molecule has 3 heterocycles. The Morgan fingerprint density at radius 3 is 2.70 bits per heavy atom. The molecule has 0 unspecified atom stereocenters. The molecule has 0 amide bonds. The van der Waals surface area contributed by atoms with E-state index in [2.05, 4.69) is 16.4 Å². The molecule has 7 heteroatoms. The van der Waals surface area contributed by atoms with Gasteiger partial charge in [0, 0.05) is 35.9 Å². The van der Waals surface area contributed by atoms with Gasteiger partial charge in [0.15, 0.2) is 5.65 Å². The third-order valence-electron chi connectivity index (χ3n) is 5.57. The summed E-state index contributed by atoms with van der Waals surface area (Å²) in [4.78, 5) is 9.17. The molecule has 5 aromatic rings. The third kappa shape index (κ3) is 3.79. The molecule has 0 aliphatic rings. The van der Waals surface area contributed by atoms with Gasteiger partial charge in [0.1, 0.15) is 5.75 Å². The summed E-state index contributed by atoms with van der Waals surface area (Å²) in [5.74, 6) is 0.734. The van der Waals surface area contributed by atoms with Crippen LogP contribution in [0.2, 0.25) is 0 Å². The van der Waals surface area contributed by atoms with Crippen molar-refractivity contribution in [3.05, 3.63) is 90.3 Å². The van der Waals surface area contributed by atoms with Crippen molar-refractivity contribution in [2.75, 3.05) is 12.4 Å². The van der Waals surface area contributed by atoms with Crippen LogP contribution in [0.5, 0.6) is 5.75 Å². The second-order valence-electron chi connectivity index (χ2n) is 7.85. The van der Waals surface area contributed by atoms with Gasteiger partial charge in [-0.3, -0.25) is 0 Å². The van der Waals surface area contributed by atoms with E-state index < -0.39 is 0 Å². The average Bonchev–Trinajstić information content (AvgIpc) is 3.46. The molecule has 0 radical (unpaired) electrons. The highest BCUT2D eigenvalue weighted by atomic mass is 16.5. The highest BCUT2D eigenvalue weighted by molar-refractivity contribution is 5.78. The molecule has 0 aliphatic carbocycles. The van der Waals surface area contributed by atoms with Crippen LogP contribution in [-0.2, 0) is 0 Å². The number of hydrogen-bond donors (Lipinski definition) is 1. The second kappa shape index (κ2) is 8.17. The number of hydrogen-bond acceptors (Lipinski definition) is 5. The number of aryl methyl sites for hydroxylation is 2. The number of nitrogens with one attached hydrogen (secondary N) is 1. The maximum absolute atomic E-state index is 9.28. The molecule has 0 aliphatic heterocycles. The molecule has 0 fully saturated rings. The summed E-state index contributed by atoms with van der Waals surface area (Å²) in [5.41, 5.74) is 7.86. The van der Waals surface area contributed by atoms with Gasteiger partial charge in [0.05, 0.1) is 47.8 Å². The summed E-state index contributed by atoms with van der Waals surface area (Å²) in [6.45, 7) is 3.98. The maximum atomic E-state index is 9.28. The van der Waals surface area contributed by atoms with Crippen molar-refractivity contribution in [3.8, 4) is 28.8 Å². The number of nitriles is 1. The molecule has 0 saturated heterocycles. The van der Waals surface area contributed by atoms with Gasteiger partial charge in [0.2, 0.25) is 0 Å². The Bertz CT molecular complexity index is 1520. The molecule has 5 rings (SSSR count). The van der Waals surface area contributed by atoms with E-state index in [4.69, 9.17) is 9.72 Å². The van der Waals surface area contributed by atoms with Crippen LogP contribution in [0.4, 0.5) is 11.4 Å². The lowest BCUT2D eigenvalue weighted by Crippen LogP contribution is -1.99. The van der Waals surface area contributed by atoms with Gasteiger partial charge in [-0.1, -0.05) is 6.07 Å². The monoisotopic (exact) mass is 434 g/mol. The fourth-order valence-electron chi connectivity index (χ4n) is 3.89. The topological polar surface area (TPSA) is 80.2 Å². The van der Waals surface area contributed by atoms with Crippen molar-refractivity contribution in [1.82, 2.24) is 18.9 Å². The molecule has 3 aromatic heterocycles. The molecule has 0 saturated carbocycles. The molecule has 0 spiro atoms. The maximum Gasteiger partial charge on any atom is 0.161 e. The van der Waals surface area contributed by atoms with Gasteiger partial charge in [-0.15, -0.1) is 0 Å². The SMILES string of the molecule is COc1cc(Nc2cccn3cc(-c4cc(C#N)ccc4C)nc23)ccc1-n1cnc(C)c1. The zero-order chi connectivity index (χ0) is 22.9. The Balaban J connectivity index is 1.52. The Morgan fingerprint density at radius 2 is 1.94 bits per heavy atom. The van der Waals surface area contributed by atoms with Crippen LogP contribution < -0.4 is 10.1 Å². The zero-order valence-corrected chi connectivity index (χ0v) is 18.6. The standard InChI is InChI=1S/C26H22N6O/c1-17-6-7-19(13-27)11-21(17)23-15-31-10-4-5-22(26(31)30-23)29-20-8-9-24(25(12-20)33-3)32-14-18(2)28-16-32/h4-12,14-16,29H,1-3H3. The van der Waals surface area contributed by atoms with Crippen molar-refractivity contribution in [2.45, 2.75) is 13.8 Å². The number of methoxy groups -OCH3 is 1. The summed E-state index contributed by atoms with van der Waals surface area (Å²) < 4.78 is 9.56. The van der Waals surface area contributed by atoms with E-state index in [1.807, 2.05) is 89.9 Å². The van der Waals surface area contributed by atoms with E-state index in [1.165, 1.54) is 0 Å². The number of rotatable bonds is 5. The molecule has 7 nitrogen and oxygen atoms in total. The van der Waals surface area contributed by atoms with Crippen molar-refractivity contribution >= 4 is 17.0 Å². The van der Waals surface area contributed by atoms with Gasteiger partial charge < -0.3 is 19.0 Å². The fraction of sp³-hybridized carbons (Fsp3) is 0.115. The number of anilines is 2. The Hall–Kier alpha value is -4.57. The minimum absolute atomic E-state index is 0.617. The summed E-state index contributed by atoms with van der Waals surface area (Å²) in [5, 5.41) is 12.8. The van der Waals surface area contributed by atoms with E-state index in [9.17, 15) is 5.26 Å². The summed E-state index contributed by atoms with van der Waals surface area (Å²) in [7, 11) is 1.66. The second-order valence-corrected chi connectivity index (χ2v) is 7.85. The number of aromatic nitrogens is 4. The number of imidazole rings is 2. The van der Waals surface area contributed by atoms with Gasteiger partial charge in [-0.05, 0) is 55.8 Å². The lowest BCUT2D eigenvalue weighted by atomic mass is 10.0. The Morgan fingerprint density at radius 1 is 1.06 bits per heavy atom. The number of fused-ring (bicyclic) bond motifs is 1. The quantitative estimate of drug-likeness (QED) is 0.399. The fourth-order valence-corrected chi connectivity index (χ4v) is 3.89. The van der Waals surface area contributed by atoms with Gasteiger partial charge in [-0.2, -0.15) is 5.26 Å². The van der Waals surface area contributed by atoms with Crippen LogP contribution >= 0.6 is 0 Å². The lowest BCUT2D eigenvalue weighted by Gasteiger charge is -2.13. The van der Waals surface area contributed by atoms with Crippen molar-refractivity contribution in [3.63, 3.8) is 0 Å². The number of nitrogens with zero attached hydrogens (tertiary/aromatic N) is 5. The first-order valence-corrected chi connectivity index (χ1v) is 10.5. The predicted octanol–water partition coefficient (Wildman–Crippen LogP) is 5.43. The lowest BCUT2D eigenvalue weighted by molar-refractivity contribution is 0.413. The van der Waals surface area contributed by atoms with Crippen molar-refractivity contribution < 1.29 is 4.74 Å². The van der Waals surface area contributed by atoms with E-state index in [-0.39, 0.29) is 0 Å². The molecule has 162 valence electrons. The molecule has 0 atom stereocenters. The van der Waals surface area contributed by atoms with Crippen LogP contribution in [0, 0.1) is 25.2 Å². The predicted molar refractivity (Wildman–Crippen MR) is 128 cm³/mol. The molecule has 2 aromatic carbocycles.